The molecular weight excluding hydrogens is 346 g/mol. The molecule has 3 aromatic rings. The number of rotatable bonds is 4. The highest BCUT2D eigenvalue weighted by Crippen LogP contribution is 2.35. The molecule has 1 fully saturated rings. The third-order valence-corrected chi connectivity index (χ3v) is 6.30. The predicted octanol–water partition coefficient (Wildman–Crippen LogP) is 2.39. The smallest absolute Gasteiger partial charge is 0.266 e. The summed E-state index contributed by atoms with van der Waals surface area (Å²) in [5.41, 5.74) is 3.03. The summed E-state index contributed by atoms with van der Waals surface area (Å²) in [6, 6.07) is 7.19. The van der Waals surface area contributed by atoms with Crippen molar-refractivity contribution in [2.24, 2.45) is 5.92 Å². The molecule has 1 aliphatic heterocycles. The minimum absolute atomic E-state index is 0.0468. The number of fused-ring (bicyclic) bond motifs is 1. The fourth-order valence-corrected chi connectivity index (χ4v) is 4.82. The van der Waals surface area contributed by atoms with E-state index >= 15 is 0 Å². The molecule has 1 saturated heterocycles. The third kappa shape index (κ3) is 2.82. The first-order valence-electron chi connectivity index (χ1n) is 8.98. The van der Waals surface area contributed by atoms with Crippen LogP contribution in [0.1, 0.15) is 17.0 Å². The molecule has 0 aromatic carbocycles. The lowest BCUT2D eigenvalue weighted by atomic mass is 10.0. The zero-order chi connectivity index (χ0) is 17.5. The molecule has 3 aromatic heterocycles. The van der Waals surface area contributed by atoms with Crippen molar-refractivity contribution < 1.29 is 0 Å². The Bertz CT molecular complexity index is 969. The van der Waals surface area contributed by atoms with Gasteiger partial charge in [0.05, 0.1) is 17.9 Å². The summed E-state index contributed by atoms with van der Waals surface area (Å²) in [5.74, 6) is 0.437. The van der Waals surface area contributed by atoms with E-state index in [9.17, 15) is 4.79 Å². The molecule has 0 spiro atoms. The van der Waals surface area contributed by atoms with Gasteiger partial charge in [0.1, 0.15) is 0 Å². The second kappa shape index (κ2) is 6.32. The van der Waals surface area contributed by atoms with Crippen molar-refractivity contribution in [2.45, 2.75) is 25.8 Å². The molecule has 0 atom stereocenters. The number of aryl methyl sites for hydroxylation is 2. The summed E-state index contributed by atoms with van der Waals surface area (Å²) < 4.78 is 1.60. The van der Waals surface area contributed by atoms with Crippen LogP contribution in [0.5, 0.6) is 0 Å². The van der Waals surface area contributed by atoms with Gasteiger partial charge < -0.3 is 4.90 Å². The monoisotopic (exact) mass is 365 g/mol. The van der Waals surface area contributed by atoms with Gasteiger partial charge in [-0.1, -0.05) is 0 Å². The molecule has 0 amide bonds. The topological polar surface area (TPSA) is 63.9 Å². The maximum absolute atomic E-state index is 12.2. The van der Waals surface area contributed by atoms with Crippen molar-refractivity contribution in [1.29, 1.82) is 0 Å². The number of hydrogen-bond donors (Lipinski definition) is 0. The number of aromatic nitrogens is 4. The number of pyridine rings is 1. The minimum Gasteiger partial charge on any atom is -0.347 e. The van der Waals surface area contributed by atoms with Gasteiger partial charge in [-0.05, 0) is 37.5 Å². The summed E-state index contributed by atoms with van der Waals surface area (Å²) in [5, 5.41) is 5.70. The molecule has 5 rings (SSSR count). The lowest BCUT2D eigenvalue weighted by Gasteiger charge is -2.39. The Morgan fingerprint density at radius 1 is 1.12 bits per heavy atom. The first kappa shape index (κ1) is 15.7. The van der Waals surface area contributed by atoms with Gasteiger partial charge in [0, 0.05) is 47.9 Å². The number of thiazole rings is 1. The fourth-order valence-electron chi connectivity index (χ4n) is 3.65. The molecule has 0 saturated carbocycles. The summed E-state index contributed by atoms with van der Waals surface area (Å²) in [6.07, 6.45) is 7.04. The summed E-state index contributed by atoms with van der Waals surface area (Å²) in [7, 11) is 0. The first-order valence-corrected chi connectivity index (χ1v) is 9.80. The van der Waals surface area contributed by atoms with Crippen LogP contribution in [-0.2, 0) is 19.4 Å². The Labute approximate surface area is 155 Å². The Balaban J connectivity index is 1.28. The molecule has 26 heavy (non-hydrogen) atoms. The average Bonchev–Trinajstić information content (AvgIpc) is 3.21. The second-order valence-corrected chi connectivity index (χ2v) is 8.03. The Hall–Kier alpha value is -2.54. The van der Waals surface area contributed by atoms with Crippen molar-refractivity contribution in [3.63, 3.8) is 0 Å². The van der Waals surface area contributed by atoms with Crippen LogP contribution in [0.2, 0.25) is 0 Å². The third-order valence-electron chi connectivity index (χ3n) is 5.09. The number of anilines is 1. The van der Waals surface area contributed by atoms with Crippen LogP contribution in [0.15, 0.2) is 41.5 Å². The SMILES string of the molecule is O=c1ccc(-c2ccncc2)nn1CC1CN(c2nc3c(s2)CCC3)C1. The second-order valence-electron chi connectivity index (χ2n) is 6.97. The van der Waals surface area contributed by atoms with E-state index in [-0.39, 0.29) is 5.56 Å². The molecule has 7 heteroatoms. The summed E-state index contributed by atoms with van der Waals surface area (Å²) in [4.78, 5) is 24.8. The van der Waals surface area contributed by atoms with Crippen molar-refractivity contribution in [1.82, 2.24) is 19.7 Å². The molecule has 0 unspecified atom stereocenters. The predicted molar refractivity (Wildman–Crippen MR) is 102 cm³/mol. The summed E-state index contributed by atoms with van der Waals surface area (Å²) in [6.45, 7) is 2.54. The maximum atomic E-state index is 12.2. The highest BCUT2D eigenvalue weighted by atomic mass is 32.1. The van der Waals surface area contributed by atoms with Gasteiger partial charge in [-0.3, -0.25) is 9.78 Å². The van der Waals surface area contributed by atoms with Crippen LogP contribution in [0.3, 0.4) is 0 Å². The number of hydrogen-bond acceptors (Lipinski definition) is 6. The van der Waals surface area contributed by atoms with Gasteiger partial charge in [0.25, 0.3) is 5.56 Å². The van der Waals surface area contributed by atoms with Crippen LogP contribution in [-0.4, -0.2) is 32.8 Å². The van der Waals surface area contributed by atoms with E-state index in [0.29, 0.717) is 12.5 Å². The molecule has 132 valence electrons. The number of nitrogens with zero attached hydrogens (tertiary/aromatic N) is 5. The molecule has 4 heterocycles. The minimum atomic E-state index is -0.0468. The van der Waals surface area contributed by atoms with Gasteiger partial charge in [0.2, 0.25) is 0 Å². The standard InChI is InChI=1S/C19H19N5OS/c25-18-5-4-15(14-6-8-20-9-7-14)22-24(18)12-13-10-23(11-13)19-21-16-2-1-3-17(16)26-19/h4-9,13H,1-3,10-12H2. The van der Waals surface area contributed by atoms with Gasteiger partial charge in [0.15, 0.2) is 5.13 Å². The Morgan fingerprint density at radius 3 is 2.77 bits per heavy atom. The van der Waals surface area contributed by atoms with Gasteiger partial charge in [-0.15, -0.1) is 11.3 Å². The van der Waals surface area contributed by atoms with E-state index in [0.717, 1.165) is 35.9 Å². The lowest BCUT2D eigenvalue weighted by molar-refractivity contribution is 0.335. The molecule has 6 nitrogen and oxygen atoms in total. The Kier molecular flexibility index (Phi) is 3.81. The fraction of sp³-hybridized carbons (Fsp3) is 0.368. The van der Waals surface area contributed by atoms with Crippen LogP contribution in [0.4, 0.5) is 5.13 Å². The van der Waals surface area contributed by atoms with E-state index in [1.165, 1.54) is 23.4 Å². The van der Waals surface area contributed by atoms with Gasteiger partial charge in [-0.25, -0.2) is 9.67 Å². The zero-order valence-electron chi connectivity index (χ0n) is 14.3. The van der Waals surface area contributed by atoms with Crippen molar-refractivity contribution in [3.8, 4) is 11.3 Å². The van der Waals surface area contributed by atoms with Crippen LogP contribution in [0.25, 0.3) is 11.3 Å². The molecule has 0 N–H and O–H groups in total. The van der Waals surface area contributed by atoms with E-state index in [1.54, 1.807) is 29.2 Å². The summed E-state index contributed by atoms with van der Waals surface area (Å²) >= 11 is 1.84. The normalized spacial score (nSPS) is 16.5. The van der Waals surface area contributed by atoms with Crippen LogP contribution < -0.4 is 10.5 Å². The molecule has 0 radical (unpaired) electrons. The van der Waals surface area contributed by atoms with Gasteiger partial charge in [-0.2, -0.15) is 5.10 Å². The lowest BCUT2D eigenvalue weighted by Crippen LogP contribution is -2.49. The van der Waals surface area contributed by atoms with E-state index in [4.69, 9.17) is 4.98 Å². The maximum Gasteiger partial charge on any atom is 0.266 e. The van der Waals surface area contributed by atoms with Crippen LogP contribution >= 0.6 is 11.3 Å². The van der Waals surface area contributed by atoms with E-state index in [2.05, 4.69) is 15.0 Å². The highest BCUT2D eigenvalue weighted by Gasteiger charge is 2.31. The molecular formula is C19H19N5OS. The molecule has 2 aliphatic rings. The molecule has 1 aliphatic carbocycles. The van der Waals surface area contributed by atoms with E-state index < -0.39 is 0 Å². The first-order chi connectivity index (χ1) is 12.8. The molecule has 0 bridgehead atoms. The Morgan fingerprint density at radius 2 is 1.96 bits per heavy atom. The van der Waals surface area contributed by atoms with Crippen LogP contribution in [0, 0.1) is 5.92 Å². The largest absolute Gasteiger partial charge is 0.347 e. The van der Waals surface area contributed by atoms with E-state index in [1.807, 2.05) is 23.5 Å². The zero-order valence-corrected chi connectivity index (χ0v) is 15.2. The quantitative estimate of drug-likeness (QED) is 0.710. The van der Waals surface area contributed by atoms with Crippen molar-refractivity contribution >= 4 is 16.5 Å². The van der Waals surface area contributed by atoms with Crippen molar-refractivity contribution in [2.75, 3.05) is 18.0 Å². The highest BCUT2D eigenvalue weighted by molar-refractivity contribution is 7.15. The van der Waals surface area contributed by atoms with Gasteiger partial charge >= 0.3 is 0 Å². The average molecular weight is 365 g/mol. The van der Waals surface area contributed by atoms with Crippen molar-refractivity contribution in [3.05, 3.63) is 57.6 Å².